The summed E-state index contributed by atoms with van der Waals surface area (Å²) in [5, 5.41) is 0. The molecule has 1 fully saturated rings. The molecule has 0 N–H and O–H groups in total. The average molecular weight is 248 g/mol. The molecule has 18 heavy (non-hydrogen) atoms. The van der Waals surface area contributed by atoms with Crippen molar-refractivity contribution in [3.05, 3.63) is 11.1 Å². The summed E-state index contributed by atoms with van der Waals surface area (Å²) in [4.78, 5) is 0. The van der Waals surface area contributed by atoms with Crippen LogP contribution in [0.5, 0.6) is 0 Å². The Labute approximate surface area is 112 Å². The maximum atomic E-state index is 6.41. The van der Waals surface area contributed by atoms with E-state index in [9.17, 15) is 0 Å². The maximum Gasteiger partial charge on any atom is 0.0752 e. The van der Waals surface area contributed by atoms with Gasteiger partial charge in [-0.3, -0.25) is 0 Å². The summed E-state index contributed by atoms with van der Waals surface area (Å²) in [6.45, 7) is 9.60. The zero-order valence-corrected chi connectivity index (χ0v) is 12.5. The van der Waals surface area contributed by atoms with Crippen molar-refractivity contribution in [3.8, 4) is 0 Å². The summed E-state index contributed by atoms with van der Waals surface area (Å²) in [6.07, 6.45) is 9.69. The van der Waals surface area contributed by atoms with Crippen molar-refractivity contribution >= 4 is 0 Å². The predicted octanol–water partition coefficient (Wildman–Crippen LogP) is 4.86. The molecule has 3 atom stereocenters. The van der Waals surface area contributed by atoms with Crippen LogP contribution < -0.4 is 0 Å². The molecular formula is C17H28O. The van der Waals surface area contributed by atoms with Gasteiger partial charge >= 0.3 is 0 Å². The number of allylic oxidation sites excluding steroid dienone is 1. The van der Waals surface area contributed by atoms with E-state index < -0.39 is 0 Å². The lowest BCUT2D eigenvalue weighted by molar-refractivity contribution is -0.0761. The third kappa shape index (κ3) is 1.78. The standard InChI is InChI=1S/C17H28O/c1-12-7-10-17(18-12)11-8-14-6-5-9-16(3,4)15(14)13(17)2/h12-13H,5-11H2,1-4H3/t12-,13+,17+/m1/s1. The highest BCUT2D eigenvalue weighted by Crippen LogP contribution is 2.55. The topological polar surface area (TPSA) is 9.23 Å². The van der Waals surface area contributed by atoms with E-state index in [1.54, 1.807) is 11.1 Å². The van der Waals surface area contributed by atoms with Crippen molar-refractivity contribution in [2.24, 2.45) is 11.3 Å². The van der Waals surface area contributed by atoms with E-state index in [1.807, 2.05) is 0 Å². The predicted molar refractivity (Wildman–Crippen MR) is 75.6 cm³/mol. The van der Waals surface area contributed by atoms with Gasteiger partial charge in [-0.25, -0.2) is 0 Å². The van der Waals surface area contributed by atoms with E-state index in [-0.39, 0.29) is 5.60 Å². The fraction of sp³-hybridized carbons (Fsp3) is 0.882. The van der Waals surface area contributed by atoms with Crippen LogP contribution in [0.1, 0.15) is 72.6 Å². The molecule has 0 aromatic heterocycles. The normalized spacial score (nSPS) is 43.3. The Hall–Kier alpha value is -0.300. The van der Waals surface area contributed by atoms with Gasteiger partial charge in [0.05, 0.1) is 11.7 Å². The second-order valence-electron chi connectivity index (χ2n) is 7.51. The zero-order valence-electron chi connectivity index (χ0n) is 12.5. The van der Waals surface area contributed by atoms with Gasteiger partial charge in [0.1, 0.15) is 0 Å². The molecule has 0 unspecified atom stereocenters. The molecular weight excluding hydrogens is 220 g/mol. The van der Waals surface area contributed by atoms with Gasteiger partial charge in [-0.1, -0.05) is 31.9 Å². The van der Waals surface area contributed by atoms with Crippen molar-refractivity contribution in [1.29, 1.82) is 0 Å². The van der Waals surface area contributed by atoms with Gasteiger partial charge in [0.2, 0.25) is 0 Å². The molecule has 2 aliphatic carbocycles. The lowest BCUT2D eigenvalue weighted by Gasteiger charge is -2.49. The van der Waals surface area contributed by atoms with E-state index >= 15 is 0 Å². The van der Waals surface area contributed by atoms with Crippen LogP contribution in [-0.4, -0.2) is 11.7 Å². The van der Waals surface area contributed by atoms with Crippen LogP contribution in [0.3, 0.4) is 0 Å². The average Bonchev–Trinajstić information content (AvgIpc) is 2.66. The van der Waals surface area contributed by atoms with Crippen LogP contribution in [0.25, 0.3) is 0 Å². The van der Waals surface area contributed by atoms with E-state index in [0.29, 0.717) is 17.4 Å². The largest absolute Gasteiger partial charge is 0.371 e. The molecule has 0 aromatic rings. The number of ether oxygens (including phenoxy) is 1. The first-order valence-electron chi connectivity index (χ1n) is 7.85. The molecule has 1 heterocycles. The molecule has 1 spiro atoms. The Morgan fingerprint density at radius 2 is 1.83 bits per heavy atom. The van der Waals surface area contributed by atoms with E-state index in [1.165, 1.54) is 44.9 Å². The Kier molecular flexibility index (Phi) is 2.89. The highest BCUT2D eigenvalue weighted by Gasteiger charge is 2.50. The van der Waals surface area contributed by atoms with Gasteiger partial charge in [-0.15, -0.1) is 0 Å². The quantitative estimate of drug-likeness (QED) is 0.556. The van der Waals surface area contributed by atoms with Gasteiger partial charge < -0.3 is 4.74 Å². The summed E-state index contributed by atoms with van der Waals surface area (Å²) in [6, 6.07) is 0. The van der Waals surface area contributed by atoms with Crippen LogP contribution in [0, 0.1) is 11.3 Å². The summed E-state index contributed by atoms with van der Waals surface area (Å²) in [5.74, 6) is 0.640. The molecule has 3 aliphatic rings. The molecule has 0 aromatic carbocycles. The smallest absolute Gasteiger partial charge is 0.0752 e. The minimum absolute atomic E-state index is 0.187. The Bertz CT molecular complexity index is 379. The van der Waals surface area contributed by atoms with Crippen LogP contribution in [0.2, 0.25) is 0 Å². The summed E-state index contributed by atoms with van der Waals surface area (Å²) in [7, 11) is 0. The number of hydrogen-bond acceptors (Lipinski definition) is 1. The first kappa shape index (κ1) is 12.7. The monoisotopic (exact) mass is 248 g/mol. The van der Waals surface area contributed by atoms with Crippen LogP contribution >= 0.6 is 0 Å². The molecule has 102 valence electrons. The van der Waals surface area contributed by atoms with Crippen molar-refractivity contribution in [1.82, 2.24) is 0 Å². The van der Waals surface area contributed by atoms with E-state index in [4.69, 9.17) is 4.74 Å². The number of hydrogen-bond donors (Lipinski definition) is 0. The molecule has 1 heteroatoms. The highest BCUT2D eigenvalue weighted by molar-refractivity contribution is 5.32. The van der Waals surface area contributed by atoms with Gasteiger partial charge in [0, 0.05) is 5.92 Å². The van der Waals surface area contributed by atoms with Crippen LogP contribution in [0.15, 0.2) is 11.1 Å². The first-order chi connectivity index (χ1) is 8.45. The van der Waals surface area contributed by atoms with E-state index in [2.05, 4.69) is 27.7 Å². The van der Waals surface area contributed by atoms with Crippen molar-refractivity contribution in [2.45, 2.75) is 84.3 Å². The van der Waals surface area contributed by atoms with Crippen molar-refractivity contribution in [2.75, 3.05) is 0 Å². The SMILES string of the molecule is C[C@@H]1CC[C@@]2(CCC3=C([C@@H]2C)C(C)(C)CCC3)O1. The second kappa shape index (κ2) is 4.10. The lowest BCUT2D eigenvalue weighted by Crippen LogP contribution is -2.44. The fourth-order valence-electron chi connectivity index (χ4n) is 4.95. The summed E-state index contributed by atoms with van der Waals surface area (Å²) < 4.78 is 6.41. The fourth-order valence-corrected chi connectivity index (χ4v) is 4.95. The van der Waals surface area contributed by atoms with Gasteiger partial charge in [0.15, 0.2) is 0 Å². The molecule has 0 saturated carbocycles. The minimum Gasteiger partial charge on any atom is -0.371 e. The van der Waals surface area contributed by atoms with E-state index in [0.717, 1.165) is 0 Å². The van der Waals surface area contributed by atoms with Crippen LogP contribution in [-0.2, 0) is 4.74 Å². The van der Waals surface area contributed by atoms with Crippen molar-refractivity contribution < 1.29 is 4.74 Å². The molecule has 0 radical (unpaired) electrons. The molecule has 3 rings (SSSR count). The Morgan fingerprint density at radius 1 is 1.06 bits per heavy atom. The minimum atomic E-state index is 0.187. The Morgan fingerprint density at radius 3 is 2.50 bits per heavy atom. The molecule has 1 saturated heterocycles. The highest BCUT2D eigenvalue weighted by atomic mass is 16.5. The van der Waals surface area contributed by atoms with Crippen molar-refractivity contribution in [3.63, 3.8) is 0 Å². The molecule has 0 bridgehead atoms. The summed E-state index contributed by atoms with van der Waals surface area (Å²) in [5.41, 5.74) is 4.16. The van der Waals surface area contributed by atoms with Gasteiger partial charge in [-0.2, -0.15) is 0 Å². The van der Waals surface area contributed by atoms with Gasteiger partial charge in [-0.05, 0) is 57.3 Å². The first-order valence-corrected chi connectivity index (χ1v) is 7.85. The zero-order chi connectivity index (χ0) is 13.0. The molecule has 1 nitrogen and oxygen atoms in total. The van der Waals surface area contributed by atoms with Crippen LogP contribution in [0.4, 0.5) is 0 Å². The number of rotatable bonds is 0. The Balaban J connectivity index is 1.97. The molecule has 1 aliphatic heterocycles. The van der Waals surface area contributed by atoms with Gasteiger partial charge in [0.25, 0.3) is 0 Å². The maximum absolute atomic E-state index is 6.41. The molecule has 0 amide bonds. The lowest BCUT2D eigenvalue weighted by atomic mass is 9.59. The third-order valence-electron chi connectivity index (χ3n) is 5.87. The second-order valence-corrected chi connectivity index (χ2v) is 7.51. The third-order valence-corrected chi connectivity index (χ3v) is 5.87. The summed E-state index contributed by atoms with van der Waals surface area (Å²) >= 11 is 0.